The second-order valence-corrected chi connectivity index (χ2v) is 11.2. The van der Waals surface area contributed by atoms with Crippen LogP contribution in [-0.2, 0) is 10.2 Å². The average molecular weight is 422 g/mol. The molecule has 1 aromatic heterocycles. The van der Waals surface area contributed by atoms with Gasteiger partial charge in [-0.05, 0) is 54.5 Å². The van der Waals surface area contributed by atoms with Gasteiger partial charge in [-0.25, -0.2) is 0 Å². The third-order valence-electron chi connectivity index (χ3n) is 5.60. The van der Waals surface area contributed by atoms with E-state index in [1.165, 1.54) is 16.0 Å². The van der Waals surface area contributed by atoms with Gasteiger partial charge in [-0.1, -0.05) is 53.4 Å². The smallest absolute Gasteiger partial charge is 0.314 e. The lowest BCUT2D eigenvalue weighted by Crippen LogP contribution is -2.33. The third kappa shape index (κ3) is 5.08. The maximum Gasteiger partial charge on any atom is 0.314 e. The molecule has 0 saturated carbocycles. The van der Waals surface area contributed by atoms with Crippen LogP contribution in [-0.4, -0.2) is 15.7 Å². The number of rotatable bonds is 3. The van der Waals surface area contributed by atoms with E-state index in [-0.39, 0.29) is 22.0 Å². The van der Waals surface area contributed by atoms with E-state index in [0.29, 0.717) is 5.75 Å². The van der Waals surface area contributed by atoms with Gasteiger partial charge in [0.2, 0.25) is 0 Å². The Balaban J connectivity index is 1.89. The molecule has 158 valence electrons. The van der Waals surface area contributed by atoms with Gasteiger partial charge in [0.15, 0.2) is 0 Å². The van der Waals surface area contributed by atoms with Crippen LogP contribution in [0.4, 0.5) is 0 Å². The van der Waals surface area contributed by atoms with E-state index in [4.69, 9.17) is 4.74 Å². The van der Waals surface area contributed by atoms with E-state index in [9.17, 15) is 4.79 Å². The second-order valence-electron chi connectivity index (χ2n) is 9.48. The molecule has 1 aliphatic rings. The summed E-state index contributed by atoms with van der Waals surface area (Å²) >= 11 is 1.96. The molecular formula is C26H31NO2S. The molecule has 0 amide bonds. The fraction of sp³-hybridized carbons (Fsp3) is 0.462. The van der Waals surface area contributed by atoms with Crippen LogP contribution in [0.1, 0.15) is 76.6 Å². The van der Waals surface area contributed by atoms with Crippen LogP contribution in [0, 0.1) is 24.7 Å². The highest BCUT2D eigenvalue weighted by Gasteiger charge is 2.38. The fourth-order valence-electron chi connectivity index (χ4n) is 3.99. The maximum atomic E-state index is 12.0. The lowest BCUT2D eigenvalue weighted by molar-refractivity contribution is -0.138. The van der Waals surface area contributed by atoms with Gasteiger partial charge in [0.05, 0.1) is 12.1 Å². The highest BCUT2D eigenvalue weighted by atomic mass is 32.2. The molecule has 0 aliphatic carbocycles. The number of aryl methyl sites for hydroxylation is 1. The Hall–Kier alpha value is -2.25. The molecule has 0 saturated heterocycles. The van der Waals surface area contributed by atoms with Gasteiger partial charge < -0.3 is 4.74 Å². The van der Waals surface area contributed by atoms with E-state index in [1.54, 1.807) is 18.5 Å². The first kappa shape index (κ1) is 22.4. The molecule has 1 atom stereocenters. The summed E-state index contributed by atoms with van der Waals surface area (Å²) in [5.41, 5.74) is 4.42. The number of pyridine rings is 1. The lowest BCUT2D eigenvalue weighted by Gasteiger charge is -2.42. The zero-order chi connectivity index (χ0) is 22.1. The molecule has 0 fully saturated rings. The van der Waals surface area contributed by atoms with Crippen molar-refractivity contribution >= 4 is 17.7 Å². The van der Waals surface area contributed by atoms with Crippen LogP contribution in [0.15, 0.2) is 35.5 Å². The van der Waals surface area contributed by atoms with Crippen molar-refractivity contribution in [2.75, 3.05) is 0 Å². The molecule has 1 unspecified atom stereocenters. The molecule has 4 heteroatoms. The molecule has 3 nitrogen and oxygen atoms in total. The Morgan fingerprint density at radius 1 is 1.20 bits per heavy atom. The summed E-state index contributed by atoms with van der Waals surface area (Å²) in [5.74, 6) is 6.58. The molecule has 2 aromatic rings. The van der Waals surface area contributed by atoms with E-state index in [0.717, 1.165) is 24.0 Å². The number of ether oxygens (including phenoxy) is 1. The van der Waals surface area contributed by atoms with Crippen LogP contribution in [0.3, 0.4) is 0 Å². The van der Waals surface area contributed by atoms with E-state index in [1.807, 2.05) is 25.6 Å². The van der Waals surface area contributed by atoms with Gasteiger partial charge in [-0.2, -0.15) is 0 Å². The van der Waals surface area contributed by atoms with Gasteiger partial charge in [-0.3, -0.25) is 9.78 Å². The summed E-state index contributed by atoms with van der Waals surface area (Å²) < 4.78 is 5.66. The Morgan fingerprint density at radius 3 is 2.63 bits per heavy atom. The maximum absolute atomic E-state index is 12.0. The fourth-order valence-corrected chi connectivity index (χ4v) is 5.70. The zero-order valence-corrected chi connectivity index (χ0v) is 19.9. The molecule has 0 spiro atoms. The number of hydrogen-bond donors (Lipinski definition) is 0. The summed E-state index contributed by atoms with van der Waals surface area (Å²) in [6.45, 7) is 15.2. The molecular weight excluding hydrogens is 390 g/mol. The normalized spacial score (nSPS) is 17.3. The molecule has 3 rings (SSSR count). The monoisotopic (exact) mass is 421 g/mol. The second kappa shape index (κ2) is 8.47. The van der Waals surface area contributed by atoms with Crippen molar-refractivity contribution < 1.29 is 9.53 Å². The molecule has 2 heterocycles. The van der Waals surface area contributed by atoms with Crippen molar-refractivity contribution in [2.45, 2.75) is 76.4 Å². The van der Waals surface area contributed by atoms with Crippen molar-refractivity contribution in [3.8, 4) is 17.6 Å². The molecule has 0 N–H and O–H groups in total. The summed E-state index contributed by atoms with van der Waals surface area (Å²) in [5, 5.41) is 0. The first-order chi connectivity index (χ1) is 14.0. The summed E-state index contributed by atoms with van der Waals surface area (Å²) in [7, 11) is 0. The molecule has 30 heavy (non-hydrogen) atoms. The number of carbonyl (C=O) groups excluding carboxylic acids is 1. The number of hydrogen-bond acceptors (Lipinski definition) is 4. The predicted molar refractivity (Wildman–Crippen MR) is 124 cm³/mol. The molecule has 1 aliphatic heterocycles. The van der Waals surface area contributed by atoms with Crippen LogP contribution in [0.25, 0.3) is 0 Å². The van der Waals surface area contributed by atoms with Gasteiger partial charge in [-0.15, -0.1) is 11.8 Å². The number of carbonyl (C=O) groups is 1. The van der Waals surface area contributed by atoms with Gasteiger partial charge >= 0.3 is 5.97 Å². The number of aromatic nitrogens is 1. The average Bonchev–Trinajstić information content (AvgIpc) is 2.64. The quantitative estimate of drug-likeness (QED) is 0.431. The first-order valence-corrected chi connectivity index (χ1v) is 11.4. The van der Waals surface area contributed by atoms with Crippen LogP contribution in [0.2, 0.25) is 0 Å². The minimum atomic E-state index is -0.238. The highest BCUT2D eigenvalue weighted by Crippen LogP contribution is 2.51. The Kier molecular flexibility index (Phi) is 6.34. The summed E-state index contributed by atoms with van der Waals surface area (Å²) in [4.78, 5) is 17.6. The third-order valence-corrected chi connectivity index (χ3v) is 6.85. The van der Waals surface area contributed by atoms with Gasteiger partial charge in [0, 0.05) is 27.0 Å². The Bertz CT molecular complexity index is 1030. The van der Waals surface area contributed by atoms with Crippen molar-refractivity contribution in [1.82, 2.24) is 4.98 Å². The van der Waals surface area contributed by atoms with Crippen molar-refractivity contribution in [3.63, 3.8) is 0 Å². The van der Waals surface area contributed by atoms with Crippen molar-refractivity contribution in [3.05, 3.63) is 52.8 Å². The topological polar surface area (TPSA) is 39.2 Å². The number of thioether (sulfide) groups is 1. The number of nitrogens with zero attached hydrogens (tertiary/aromatic N) is 1. The SMILES string of the molecule is CCC(C)C(=O)Oc1cncc(C#Cc2cc3c(cc2C)SC(C)(C)CC3(C)C)c1. The minimum Gasteiger partial charge on any atom is -0.425 e. The number of esters is 1. The van der Waals surface area contributed by atoms with Gasteiger partial charge in [0.25, 0.3) is 0 Å². The lowest BCUT2D eigenvalue weighted by atomic mass is 9.76. The largest absolute Gasteiger partial charge is 0.425 e. The Morgan fingerprint density at radius 2 is 1.93 bits per heavy atom. The van der Waals surface area contributed by atoms with Gasteiger partial charge in [0.1, 0.15) is 5.75 Å². The number of fused-ring (bicyclic) bond motifs is 1. The molecule has 0 radical (unpaired) electrons. The van der Waals surface area contributed by atoms with E-state index < -0.39 is 0 Å². The van der Waals surface area contributed by atoms with Crippen molar-refractivity contribution in [1.29, 1.82) is 0 Å². The van der Waals surface area contributed by atoms with Crippen molar-refractivity contribution in [2.24, 2.45) is 5.92 Å². The standard InChI is InChI=1S/C26H31NO2S/c1-8-17(2)24(28)29-21-12-19(14-27-15-21)9-10-20-13-22-23(11-18(20)3)30-26(6,7)16-25(22,4)5/h11-15,17H,8,16H2,1-7H3. The van der Waals surface area contributed by atoms with Crippen LogP contribution >= 0.6 is 11.8 Å². The predicted octanol–water partition coefficient (Wildman–Crippen LogP) is 6.29. The number of benzene rings is 1. The van der Waals surface area contributed by atoms with Crippen LogP contribution in [0.5, 0.6) is 5.75 Å². The summed E-state index contributed by atoms with van der Waals surface area (Å²) in [6.07, 6.45) is 5.12. The Labute approximate surface area is 185 Å². The van der Waals surface area contributed by atoms with Crippen LogP contribution < -0.4 is 4.74 Å². The summed E-state index contributed by atoms with van der Waals surface area (Å²) in [6, 6.07) is 6.30. The zero-order valence-electron chi connectivity index (χ0n) is 19.1. The first-order valence-electron chi connectivity index (χ1n) is 10.5. The molecule has 0 bridgehead atoms. The van der Waals surface area contributed by atoms with E-state index in [2.05, 4.69) is 63.6 Å². The van der Waals surface area contributed by atoms with E-state index >= 15 is 0 Å². The minimum absolute atomic E-state index is 0.111. The molecule has 1 aromatic carbocycles. The highest BCUT2D eigenvalue weighted by molar-refractivity contribution is 8.00.